The Hall–Kier alpha value is -2.49. The van der Waals surface area contributed by atoms with E-state index in [4.69, 9.17) is 0 Å². The average molecular weight is 433 g/mol. The Morgan fingerprint density at radius 2 is 1.79 bits per heavy atom. The van der Waals surface area contributed by atoms with Gasteiger partial charge in [0.15, 0.2) is 0 Å². The molecule has 3 N–H and O–H groups in total. The Labute approximate surface area is 174 Å². The molecule has 3 aromatic rings. The molecule has 1 amide bonds. The quantitative estimate of drug-likeness (QED) is 0.427. The molecule has 29 heavy (non-hydrogen) atoms. The summed E-state index contributed by atoms with van der Waals surface area (Å²) in [5.41, 5.74) is 0.414. The SMILES string of the molecule is CCCCNS(=O)(=O)c1ccc(C(=O)NCCNc2nsc3ccccc23)cc1. The molecule has 0 atom stereocenters. The van der Waals surface area contributed by atoms with E-state index in [1.54, 1.807) is 0 Å². The van der Waals surface area contributed by atoms with Crippen molar-refractivity contribution in [2.24, 2.45) is 0 Å². The lowest BCUT2D eigenvalue weighted by atomic mass is 10.2. The monoisotopic (exact) mass is 432 g/mol. The van der Waals surface area contributed by atoms with E-state index < -0.39 is 10.0 Å². The molecule has 0 aliphatic carbocycles. The van der Waals surface area contributed by atoms with Gasteiger partial charge in [0.05, 0.1) is 9.60 Å². The summed E-state index contributed by atoms with van der Waals surface area (Å²) in [7, 11) is -3.54. The van der Waals surface area contributed by atoms with E-state index in [0.29, 0.717) is 25.2 Å². The Kier molecular flexibility index (Phi) is 7.18. The van der Waals surface area contributed by atoms with Gasteiger partial charge in [0.2, 0.25) is 10.0 Å². The van der Waals surface area contributed by atoms with Crippen molar-refractivity contribution in [3.63, 3.8) is 0 Å². The molecule has 0 unspecified atom stereocenters. The number of anilines is 1. The fourth-order valence-corrected chi connectivity index (χ4v) is 4.55. The first-order valence-electron chi connectivity index (χ1n) is 9.47. The van der Waals surface area contributed by atoms with E-state index in [2.05, 4.69) is 19.7 Å². The van der Waals surface area contributed by atoms with Crippen LogP contribution in [-0.2, 0) is 10.0 Å². The van der Waals surface area contributed by atoms with Gasteiger partial charge in [-0.05, 0) is 54.4 Å². The minimum atomic E-state index is -3.54. The van der Waals surface area contributed by atoms with Crippen LogP contribution in [0.1, 0.15) is 30.1 Å². The predicted molar refractivity (Wildman–Crippen MR) is 117 cm³/mol. The Bertz CT molecular complexity index is 1060. The van der Waals surface area contributed by atoms with Crippen LogP contribution >= 0.6 is 11.5 Å². The van der Waals surface area contributed by atoms with Gasteiger partial charge in [-0.25, -0.2) is 13.1 Å². The van der Waals surface area contributed by atoms with Crippen molar-refractivity contribution in [2.75, 3.05) is 25.0 Å². The van der Waals surface area contributed by atoms with Crippen molar-refractivity contribution in [3.8, 4) is 0 Å². The van der Waals surface area contributed by atoms with Crippen molar-refractivity contribution in [1.29, 1.82) is 0 Å². The molecule has 9 heteroatoms. The van der Waals surface area contributed by atoms with E-state index in [9.17, 15) is 13.2 Å². The van der Waals surface area contributed by atoms with Crippen LogP contribution in [0.5, 0.6) is 0 Å². The molecule has 0 saturated heterocycles. The second-order valence-electron chi connectivity index (χ2n) is 6.49. The lowest BCUT2D eigenvalue weighted by Crippen LogP contribution is -2.29. The molecular weight excluding hydrogens is 408 g/mol. The summed E-state index contributed by atoms with van der Waals surface area (Å²) in [5.74, 6) is 0.558. The minimum Gasteiger partial charge on any atom is -0.367 e. The molecule has 0 saturated carbocycles. The lowest BCUT2D eigenvalue weighted by molar-refractivity contribution is 0.0955. The molecule has 2 aromatic carbocycles. The first kappa shape index (κ1) is 21.2. The normalized spacial score (nSPS) is 11.5. The van der Waals surface area contributed by atoms with Gasteiger partial charge in [-0.15, -0.1) is 0 Å². The van der Waals surface area contributed by atoms with E-state index in [-0.39, 0.29) is 10.8 Å². The van der Waals surface area contributed by atoms with Crippen molar-refractivity contribution < 1.29 is 13.2 Å². The minimum absolute atomic E-state index is 0.155. The highest BCUT2D eigenvalue weighted by Gasteiger charge is 2.14. The van der Waals surface area contributed by atoms with Gasteiger partial charge < -0.3 is 10.6 Å². The average Bonchev–Trinajstić information content (AvgIpc) is 3.14. The summed E-state index contributed by atoms with van der Waals surface area (Å²) in [6, 6.07) is 13.9. The van der Waals surface area contributed by atoms with Crippen LogP contribution in [0.4, 0.5) is 5.82 Å². The van der Waals surface area contributed by atoms with E-state index in [1.165, 1.54) is 35.8 Å². The number of sulfonamides is 1. The van der Waals surface area contributed by atoms with Crippen LogP contribution in [0.2, 0.25) is 0 Å². The topological polar surface area (TPSA) is 100 Å². The summed E-state index contributed by atoms with van der Waals surface area (Å²) in [4.78, 5) is 12.4. The molecule has 0 fully saturated rings. The van der Waals surface area contributed by atoms with E-state index >= 15 is 0 Å². The summed E-state index contributed by atoms with van der Waals surface area (Å²) in [5, 5.41) is 7.11. The number of nitrogens with one attached hydrogen (secondary N) is 3. The Morgan fingerprint density at radius 1 is 1.03 bits per heavy atom. The van der Waals surface area contributed by atoms with Gasteiger partial charge in [-0.1, -0.05) is 25.5 Å². The smallest absolute Gasteiger partial charge is 0.251 e. The maximum Gasteiger partial charge on any atom is 0.251 e. The van der Waals surface area contributed by atoms with Crippen LogP contribution in [0.15, 0.2) is 53.4 Å². The molecule has 7 nitrogen and oxygen atoms in total. The number of fused-ring (bicyclic) bond motifs is 1. The lowest BCUT2D eigenvalue weighted by Gasteiger charge is -2.08. The standard InChI is InChI=1S/C20H24N4O3S2/c1-2-3-12-23-29(26,27)16-10-8-15(9-11-16)20(25)22-14-13-21-19-17-6-4-5-7-18(17)28-24-19/h4-11,23H,2-3,12-14H2,1H3,(H,21,24)(H,22,25). The predicted octanol–water partition coefficient (Wildman–Crippen LogP) is 3.22. The molecule has 0 bridgehead atoms. The van der Waals surface area contributed by atoms with Crippen molar-refractivity contribution in [2.45, 2.75) is 24.7 Å². The molecule has 154 valence electrons. The molecule has 0 aliphatic rings. The van der Waals surface area contributed by atoms with Crippen molar-refractivity contribution in [3.05, 3.63) is 54.1 Å². The zero-order valence-electron chi connectivity index (χ0n) is 16.1. The number of benzene rings is 2. The van der Waals surface area contributed by atoms with Crippen LogP contribution in [0.25, 0.3) is 10.1 Å². The van der Waals surface area contributed by atoms with Gasteiger partial charge in [-0.3, -0.25) is 4.79 Å². The molecule has 3 rings (SSSR count). The van der Waals surface area contributed by atoms with E-state index in [1.807, 2.05) is 31.2 Å². The van der Waals surface area contributed by atoms with Crippen molar-refractivity contribution >= 4 is 43.4 Å². The fraction of sp³-hybridized carbons (Fsp3) is 0.300. The van der Waals surface area contributed by atoms with Crippen LogP contribution in [-0.4, -0.2) is 38.3 Å². The molecule has 0 spiro atoms. The number of unbranched alkanes of at least 4 members (excludes halogenated alkanes) is 1. The molecule has 1 aromatic heterocycles. The Balaban J connectivity index is 1.49. The van der Waals surface area contributed by atoms with Gasteiger partial charge in [-0.2, -0.15) is 4.37 Å². The highest BCUT2D eigenvalue weighted by Crippen LogP contribution is 2.25. The maximum absolute atomic E-state index is 12.3. The third-order valence-electron chi connectivity index (χ3n) is 4.33. The highest BCUT2D eigenvalue weighted by molar-refractivity contribution is 7.89. The molecule has 0 radical (unpaired) electrons. The van der Waals surface area contributed by atoms with Crippen LogP contribution in [0.3, 0.4) is 0 Å². The van der Waals surface area contributed by atoms with Gasteiger partial charge in [0, 0.05) is 30.6 Å². The second kappa shape index (κ2) is 9.82. The number of carbonyl (C=O) groups is 1. The third-order valence-corrected chi connectivity index (χ3v) is 6.63. The maximum atomic E-state index is 12.3. The highest BCUT2D eigenvalue weighted by atomic mass is 32.2. The molecule has 0 aliphatic heterocycles. The van der Waals surface area contributed by atoms with Crippen LogP contribution < -0.4 is 15.4 Å². The number of hydrogen-bond acceptors (Lipinski definition) is 6. The van der Waals surface area contributed by atoms with Crippen LogP contribution in [0, 0.1) is 0 Å². The molecular formula is C20H24N4O3S2. The summed E-state index contributed by atoms with van der Waals surface area (Å²) >= 11 is 1.43. The second-order valence-corrected chi connectivity index (χ2v) is 9.06. The number of nitrogens with zero attached hydrogens (tertiary/aromatic N) is 1. The van der Waals surface area contributed by atoms with Gasteiger partial charge in [0.25, 0.3) is 5.91 Å². The largest absolute Gasteiger partial charge is 0.367 e. The third kappa shape index (κ3) is 5.53. The number of amides is 1. The first-order valence-corrected chi connectivity index (χ1v) is 11.7. The number of aromatic nitrogens is 1. The summed E-state index contributed by atoms with van der Waals surface area (Å²) < 4.78 is 32.4. The summed E-state index contributed by atoms with van der Waals surface area (Å²) in [6.07, 6.45) is 1.69. The number of carbonyl (C=O) groups excluding carboxylic acids is 1. The Morgan fingerprint density at radius 3 is 2.55 bits per heavy atom. The fourth-order valence-electron chi connectivity index (χ4n) is 2.72. The number of hydrogen-bond donors (Lipinski definition) is 3. The number of rotatable bonds is 10. The summed E-state index contributed by atoms with van der Waals surface area (Å²) in [6.45, 7) is 3.36. The zero-order chi connectivity index (χ0) is 20.7. The van der Waals surface area contributed by atoms with E-state index in [0.717, 1.165) is 28.7 Å². The van der Waals surface area contributed by atoms with Gasteiger partial charge in [0.1, 0.15) is 5.82 Å². The van der Waals surface area contributed by atoms with Crippen molar-refractivity contribution in [1.82, 2.24) is 14.4 Å². The van der Waals surface area contributed by atoms with Gasteiger partial charge >= 0.3 is 0 Å². The molecule has 1 heterocycles. The first-order chi connectivity index (χ1) is 14.0. The zero-order valence-corrected chi connectivity index (χ0v) is 17.8.